The molecule has 0 fully saturated rings. The highest BCUT2D eigenvalue weighted by Gasteiger charge is 2.42. The summed E-state index contributed by atoms with van der Waals surface area (Å²) < 4.78 is 12.1. The van der Waals surface area contributed by atoms with Crippen LogP contribution in [0.1, 0.15) is 46.9 Å². The van der Waals surface area contributed by atoms with Crippen LogP contribution >= 0.6 is 0 Å². The molecule has 0 bridgehead atoms. The van der Waals surface area contributed by atoms with Crippen molar-refractivity contribution in [2.45, 2.75) is 32.5 Å². The first-order valence-electron chi connectivity index (χ1n) is 8.94. The van der Waals surface area contributed by atoms with E-state index in [0.29, 0.717) is 0 Å². The fourth-order valence-electron chi connectivity index (χ4n) is 3.73. The number of ether oxygens (including phenoxy) is 1. The summed E-state index contributed by atoms with van der Waals surface area (Å²) in [6.45, 7) is 4.05. The predicted molar refractivity (Wildman–Crippen MR) is 100 cm³/mol. The summed E-state index contributed by atoms with van der Waals surface area (Å²) in [5.41, 5.74) is 4.68. The molecule has 0 saturated heterocycles. The van der Waals surface area contributed by atoms with Crippen molar-refractivity contribution in [1.29, 1.82) is 0 Å². The molecule has 2 aliphatic rings. The Morgan fingerprint density at radius 1 is 0.962 bits per heavy atom. The third kappa shape index (κ3) is 2.41. The monoisotopic (exact) mass is 344 g/mol. The van der Waals surface area contributed by atoms with Gasteiger partial charge in [-0.25, -0.2) is 5.01 Å². The zero-order chi connectivity index (χ0) is 17.7. The largest absolute Gasteiger partial charge is 0.461 e. The third-order valence-corrected chi connectivity index (χ3v) is 5.09. The summed E-state index contributed by atoms with van der Waals surface area (Å²) in [4.78, 5) is 0. The molecule has 4 nitrogen and oxygen atoms in total. The lowest BCUT2D eigenvalue weighted by molar-refractivity contribution is -0.0329. The molecular weight excluding hydrogens is 324 g/mol. The molecule has 0 aliphatic carbocycles. The van der Waals surface area contributed by atoms with Crippen molar-refractivity contribution in [1.82, 2.24) is 5.01 Å². The number of benzene rings is 2. The van der Waals surface area contributed by atoms with E-state index in [1.807, 2.05) is 31.2 Å². The van der Waals surface area contributed by atoms with Gasteiger partial charge in [0.2, 0.25) is 6.23 Å². The number of rotatable bonds is 2. The van der Waals surface area contributed by atoms with Gasteiger partial charge in [0, 0.05) is 12.0 Å². The minimum atomic E-state index is -0.341. The van der Waals surface area contributed by atoms with Gasteiger partial charge in [-0.2, -0.15) is 5.10 Å². The van der Waals surface area contributed by atoms with Gasteiger partial charge >= 0.3 is 0 Å². The van der Waals surface area contributed by atoms with Gasteiger partial charge < -0.3 is 9.15 Å². The summed E-state index contributed by atoms with van der Waals surface area (Å²) in [6.07, 6.45) is 0.520. The molecule has 0 radical (unpaired) electrons. The standard InChI is InChI=1S/C22H20N2O2/c1-14-7-10-16(11-8-14)18-13-19-17-5-3-4-6-20(17)26-22(24(19)23-18)21-12-9-15(2)25-21/h3-12,19,22H,13H2,1-2H3/t19-,22+/m0/s1. The Morgan fingerprint density at radius 2 is 1.77 bits per heavy atom. The molecule has 5 rings (SSSR count). The first-order valence-corrected chi connectivity index (χ1v) is 8.94. The van der Waals surface area contributed by atoms with E-state index < -0.39 is 0 Å². The van der Waals surface area contributed by atoms with E-state index >= 15 is 0 Å². The highest BCUT2D eigenvalue weighted by molar-refractivity contribution is 6.02. The number of hydrogen-bond donors (Lipinski definition) is 0. The molecule has 2 aliphatic heterocycles. The van der Waals surface area contributed by atoms with Gasteiger partial charge in [0.05, 0.1) is 11.8 Å². The molecule has 0 saturated carbocycles. The molecular formula is C22H20N2O2. The van der Waals surface area contributed by atoms with E-state index in [4.69, 9.17) is 14.3 Å². The van der Waals surface area contributed by atoms with Crippen LogP contribution in [0.4, 0.5) is 0 Å². The number of para-hydroxylation sites is 1. The summed E-state index contributed by atoms with van der Waals surface area (Å²) in [6, 6.07) is 20.9. The summed E-state index contributed by atoms with van der Waals surface area (Å²) in [7, 11) is 0. The second-order valence-electron chi connectivity index (χ2n) is 6.97. The van der Waals surface area contributed by atoms with Crippen molar-refractivity contribution >= 4 is 5.71 Å². The number of hydrogen-bond acceptors (Lipinski definition) is 4. The normalized spacial score (nSPS) is 21.0. The Kier molecular flexibility index (Phi) is 3.38. The second kappa shape index (κ2) is 5.77. The molecule has 0 amide bonds. The van der Waals surface area contributed by atoms with Crippen LogP contribution in [-0.4, -0.2) is 10.7 Å². The zero-order valence-electron chi connectivity index (χ0n) is 14.8. The average Bonchev–Trinajstić information content (AvgIpc) is 3.28. The number of nitrogens with zero attached hydrogens (tertiary/aromatic N) is 2. The molecule has 0 N–H and O–H groups in total. The van der Waals surface area contributed by atoms with Crippen LogP contribution in [-0.2, 0) is 0 Å². The Balaban J connectivity index is 1.59. The first-order chi connectivity index (χ1) is 12.7. The van der Waals surface area contributed by atoms with E-state index in [0.717, 1.165) is 35.0 Å². The Hall–Kier alpha value is -3.01. The fourth-order valence-corrected chi connectivity index (χ4v) is 3.73. The summed E-state index contributed by atoms with van der Waals surface area (Å²) in [5.74, 6) is 2.57. The molecule has 0 unspecified atom stereocenters. The van der Waals surface area contributed by atoms with Crippen LogP contribution < -0.4 is 4.74 Å². The number of hydrazone groups is 1. The average molecular weight is 344 g/mol. The van der Waals surface area contributed by atoms with Crippen LogP contribution in [0.2, 0.25) is 0 Å². The maximum absolute atomic E-state index is 6.27. The Bertz CT molecular complexity index is 987. The third-order valence-electron chi connectivity index (χ3n) is 5.09. The van der Waals surface area contributed by atoms with E-state index in [2.05, 4.69) is 48.3 Å². The summed E-state index contributed by atoms with van der Waals surface area (Å²) in [5, 5.41) is 6.99. The molecule has 130 valence electrons. The van der Waals surface area contributed by atoms with E-state index in [-0.39, 0.29) is 12.3 Å². The van der Waals surface area contributed by atoms with E-state index in [1.165, 1.54) is 11.1 Å². The minimum absolute atomic E-state index is 0.159. The van der Waals surface area contributed by atoms with Crippen LogP contribution in [0.25, 0.3) is 0 Å². The molecule has 1 aromatic heterocycles. The SMILES string of the molecule is Cc1ccc(C2=NN3[C@@H](c4ccc(C)o4)Oc4ccccc4[C@@H]3C2)cc1. The van der Waals surface area contributed by atoms with Crippen molar-refractivity contribution in [3.8, 4) is 5.75 Å². The second-order valence-corrected chi connectivity index (χ2v) is 6.97. The molecule has 26 heavy (non-hydrogen) atoms. The molecule has 3 heterocycles. The number of furan rings is 1. The van der Waals surface area contributed by atoms with Crippen molar-refractivity contribution in [3.63, 3.8) is 0 Å². The highest BCUT2D eigenvalue weighted by atomic mass is 16.5. The first kappa shape index (κ1) is 15.3. The minimum Gasteiger partial charge on any atom is -0.461 e. The number of fused-ring (bicyclic) bond motifs is 3. The molecule has 2 atom stereocenters. The molecule has 4 heteroatoms. The van der Waals surface area contributed by atoms with Crippen LogP contribution in [0.15, 0.2) is 70.2 Å². The fraction of sp³-hybridized carbons (Fsp3) is 0.227. The van der Waals surface area contributed by atoms with Crippen molar-refractivity contribution in [3.05, 3.63) is 88.9 Å². The molecule has 3 aromatic rings. The lowest BCUT2D eigenvalue weighted by atomic mass is 9.96. The van der Waals surface area contributed by atoms with Crippen molar-refractivity contribution < 1.29 is 9.15 Å². The van der Waals surface area contributed by atoms with Crippen molar-refractivity contribution in [2.24, 2.45) is 5.10 Å². The molecule has 0 spiro atoms. The lowest BCUT2D eigenvalue weighted by Crippen LogP contribution is -2.33. The van der Waals surface area contributed by atoms with Gasteiger partial charge in [0.1, 0.15) is 11.5 Å². The summed E-state index contributed by atoms with van der Waals surface area (Å²) >= 11 is 0. The van der Waals surface area contributed by atoms with Crippen LogP contribution in [0.5, 0.6) is 5.75 Å². The van der Waals surface area contributed by atoms with Crippen molar-refractivity contribution in [2.75, 3.05) is 0 Å². The highest BCUT2D eigenvalue weighted by Crippen LogP contribution is 2.47. The number of aryl methyl sites for hydroxylation is 2. The quantitative estimate of drug-likeness (QED) is 0.646. The Labute approximate surface area is 152 Å². The van der Waals surface area contributed by atoms with Gasteiger partial charge in [-0.05, 0) is 37.6 Å². The van der Waals surface area contributed by atoms with Crippen LogP contribution in [0, 0.1) is 13.8 Å². The smallest absolute Gasteiger partial charge is 0.246 e. The van der Waals surface area contributed by atoms with E-state index in [9.17, 15) is 0 Å². The van der Waals surface area contributed by atoms with Crippen LogP contribution in [0.3, 0.4) is 0 Å². The van der Waals surface area contributed by atoms with Gasteiger partial charge in [0.25, 0.3) is 0 Å². The molecule has 2 aromatic carbocycles. The maximum atomic E-state index is 6.27. The zero-order valence-corrected chi connectivity index (χ0v) is 14.8. The maximum Gasteiger partial charge on any atom is 0.246 e. The van der Waals surface area contributed by atoms with Gasteiger partial charge in [-0.3, -0.25) is 0 Å². The van der Waals surface area contributed by atoms with E-state index in [1.54, 1.807) is 0 Å². The lowest BCUT2D eigenvalue weighted by Gasteiger charge is -2.36. The predicted octanol–water partition coefficient (Wildman–Crippen LogP) is 5.14. The van der Waals surface area contributed by atoms with Gasteiger partial charge in [0.15, 0.2) is 5.76 Å². The topological polar surface area (TPSA) is 38.0 Å². The van der Waals surface area contributed by atoms with Gasteiger partial charge in [-0.15, -0.1) is 0 Å². The van der Waals surface area contributed by atoms with Gasteiger partial charge in [-0.1, -0.05) is 48.0 Å². The Morgan fingerprint density at radius 3 is 2.54 bits per heavy atom.